The molecule has 0 aliphatic rings. The molecule has 0 amide bonds. The molecule has 0 saturated heterocycles. The van der Waals surface area contributed by atoms with Crippen LogP contribution in [0.4, 0.5) is 10.2 Å². The third-order valence-corrected chi connectivity index (χ3v) is 3.54. The van der Waals surface area contributed by atoms with Crippen LogP contribution < -0.4 is 10.5 Å². The molecular weight excluding hydrogens is 313 g/mol. The molecular formula is C17H12FN3OS. The van der Waals surface area contributed by atoms with Crippen LogP contribution >= 0.6 is 12.6 Å². The molecule has 23 heavy (non-hydrogen) atoms. The number of nitrogens with two attached hydrogens (primary N) is 1. The topological polar surface area (TPSA) is 61.0 Å². The van der Waals surface area contributed by atoms with Gasteiger partial charge in [0.05, 0.1) is 7.11 Å². The van der Waals surface area contributed by atoms with Crippen LogP contribution in [0.15, 0.2) is 36.4 Å². The Hall–Kier alpha value is -2.78. The number of hydrogen-bond acceptors (Lipinski definition) is 5. The highest BCUT2D eigenvalue weighted by molar-refractivity contribution is 7.85. The molecule has 0 aliphatic carbocycles. The molecule has 114 valence electrons. The summed E-state index contributed by atoms with van der Waals surface area (Å²) in [6, 6.07) is 9.78. The van der Waals surface area contributed by atoms with Gasteiger partial charge in [-0.1, -0.05) is 18.5 Å². The molecule has 0 atom stereocenters. The van der Waals surface area contributed by atoms with E-state index in [0.29, 0.717) is 22.2 Å². The third-order valence-electron chi connectivity index (χ3n) is 3.43. The van der Waals surface area contributed by atoms with Gasteiger partial charge in [0.15, 0.2) is 5.82 Å². The molecule has 1 aromatic heterocycles. The largest absolute Gasteiger partial charge is 0.496 e. The maximum Gasteiger partial charge on any atom is 0.154 e. The van der Waals surface area contributed by atoms with Crippen molar-refractivity contribution in [2.75, 3.05) is 12.8 Å². The Morgan fingerprint density at radius 2 is 1.96 bits per heavy atom. The lowest BCUT2D eigenvalue weighted by atomic mass is 10.0. The van der Waals surface area contributed by atoms with E-state index in [4.69, 9.17) is 10.5 Å². The Morgan fingerprint density at radius 1 is 1.13 bits per heavy atom. The number of anilines is 1. The zero-order valence-electron chi connectivity index (χ0n) is 12.2. The Labute approximate surface area is 137 Å². The summed E-state index contributed by atoms with van der Waals surface area (Å²) in [5, 5.41) is 11.8. The molecule has 4 nitrogen and oxygen atoms in total. The van der Waals surface area contributed by atoms with E-state index in [-0.39, 0.29) is 11.6 Å². The fraction of sp³-hybridized carbons (Fsp3) is 0.0588. The highest BCUT2D eigenvalue weighted by atomic mass is 32.1. The molecule has 0 radical (unpaired) electrons. The number of fused-ring (bicyclic) bond motifs is 1. The normalized spacial score (nSPS) is 10.2. The first-order chi connectivity index (χ1) is 11.1. The molecule has 0 saturated carbocycles. The van der Waals surface area contributed by atoms with E-state index in [1.807, 2.05) is 12.1 Å². The maximum atomic E-state index is 13.5. The zero-order valence-corrected chi connectivity index (χ0v) is 13.1. The average molecular weight is 325 g/mol. The summed E-state index contributed by atoms with van der Waals surface area (Å²) in [5.41, 5.74) is 7.86. The minimum atomic E-state index is -0.380. The standard InChI is InChI=1S/C17H12FN3OS/c1-22-15-8-10(6-7-23)2-4-13(15)16-12-5-3-11(18)9-14(12)17(19)21-20-16/h2-5,8-9,23H,1H3,(H2,19,21). The van der Waals surface area contributed by atoms with Crippen molar-refractivity contribution in [3.63, 3.8) is 0 Å². The van der Waals surface area contributed by atoms with Gasteiger partial charge in [-0.2, -0.15) is 0 Å². The van der Waals surface area contributed by atoms with Gasteiger partial charge in [-0.3, -0.25) is 0 Å². The van der Waals surface area contributed by atoms with E-state index < -0.39 is 0 Å². The lowest BCUT2D eigenvalue weighted by molar-refractivity contribution is 0.416. The molecule has 0 spiro atoms. The molecule has 2 aromatic carbocycles. The molecule has 0 aliphatic heterocycles. The van der Waals surface area contributed by atoms with Crippen molar-refractivity contribution in [2.45, 2.75) is 0 Å². The van der Waals surface area contributed by atoms with Crippen molar-refractivity contribution < 1.29 is 9.13 Å². The van der Waals surface area contributed by atoms with E-state index >= 15 is 0 Å². The number of hydrogen-bond donors (Lipinski definition) is 2. The fourth-order valence-corrected chi connectivity index (χ4v) is 2.50. The molecule has 2 N–H and O–H groups in total. The predicted octanol–water partition coefficient (Wildman–Crippen LogP) is 3.27. The van der Waals surface area contributed by atoms with Crippen molar-refractivity contribution in [2.24, 2.45) is 0 Å². The van der Waals surface area contributed by atoms with Crippen molar-refractivity contribution in [1.82, 2.24) is 10.2 Å². The zero-order chi connectivity index (χ0) is 16.4. The van der Waals surface area contributed by atoms with Gasteiger partial charge in [-0.15, -0.1) is 10.2 Å². The molecule has 1 heterocycles. The molecule has 3 rings (SSSR count). The number of thiol groups is 1. The molecule has 0 unspecified atom stereocenters. The number of nitrogens with zero attached hydrogens (tertiary/aromatic N) is 2. The summed E-state index contributed by atoms with van der Waals surface area (Å²) in [6.07, 6.45) is 0. The van der Waals surface area contributed by atoms with Crippen LogP contribution in [0.3, 0.4) is 0 Å². The highest BCUT2D eigenvalue weighted by Gasteiger charge is 2.14. The van der Waals surface area contributed by atoms with Crippen LogP contribution in [0.1, 0.15) is 5.56 Å². The van der Waals surface area contributed by atoms with Crippen molar-refractivity contribution in [1.29, 1.82) is 0 Å². The number of aromatic nitrogens is 2. The SMILES string of the molecule is COc1cc(C#CS)ccc1-c1nnc(N)c2cc(F)ccc12. The first-order valence-corrected chi connectivity index (χ1v) is 7.13. The first-order valence-electron chi connectivity index (χ1n) is 6.69. The number of halogens is 1. The molecule has 0 bridgehead atoms. The Balaban J connectivity index is 2.28. The van der Waals surface area contributed by atoms with E-state index in [0.717, 1.165) is 11.1 Å². The second-order valence-corrected chi connectivity index (χ2v) is 5.00. The van der Waals surface area contributed by atoms with E-state index in [1.54, 1.807) is 19.2 Å². The highest BCUT2D eigenvalue weighted by Crippen LogP contribution is 2.35. The predicted molar refractivity (Wildman–Crippen MR) is 91.8 cm³/mol. The smallest absolute Gasteiger partial charge is 0.154 e. The molecule has 6 heteroatoms. The lowest BCUT2D eigenvalue weighted by Crippen LogP contribution is -1.99. The number of benzene rings is 2. The fourth-order valence-electron chi connectivity index (χ4n) is 2.37. The Morgan fingerprint density at radius 3 is 2.70 bits per heavy atom. The summed E-state index contributed by atoms with van der Waals surface area (Å²) >= 11 is 3.89. The number of rotatable bonds is 2. The molecule has 0 fully saturated rings. The minimum absolute atomic E-state index is 0.180. The van der Waals surface area contributed by atoms with Gasteiger partial charge in [0.2, 0.25) is 0 Å². The Bertz CT molecular complexity index is 963. The van der Waals surface area contributed by atoms with E-state index in [9.17, 15) is 4.39 Å². The van der Waals surface area contributed by atoms with Crippen molar-refractivity contribution in [3.8, 4) is 28.2 Å². The third kappa shape index (κ3) is 2.79. The monoisotopic (exact) mass is 325 g/mol. The average Bonchev–Trinajstić information content (AvgIpc) is 2.56. The van der Waals surface area contributed by atoms with Crippen LogP contribution in [0, 0.1) is 17.0 Å². The van der Waals surface area contributed by atoms with Crippen LogP contribution in [0.25, 0.3) is 22.0 Å². The molecule has 3 aromatic rings. The van der Waals surface area contributed by atoms with Gasteiger partial charge in [0, 0.05) is 21.9 Å². The maximum absolute atomic E-state index is 13.5. The number of nitrogen functional groups attached to an aromatic ring is 1. The first kappa shape index (κ1) is 15.1. The van der Waals surface area contributed by atoms with E-state index in [1.165, 1.54) is 12.1 Å². The van der Waals surface area contributed by atoms with Crippen LogP contribution in [-0.4, -0.2) is 17.3 Å². The summed E-state index contributed by atoms with van der Waals surface area (Å²) < 4.78 is 18.9. The van der Waals surface area contributed by atoms with Gasteiger partial charge < -0.3 is 10.5 Å². The van der Waals surface area contributed by atoms with E-state index in [2.05, 4.69) is 34.0 Å². The van der Waals surface area contributed by atoms with Crippen LogP contribution in [0.2, 0.25) is 0 Å². The van der Waals surface area contributed by atoms with Crippen LogP contribution in [0.5, 0.6) is 5.75 Å². The second kappa shape index (κ2) is 6.15. The Kier molecular flexibility index (Phi) is 4.04. The number of ether oxygens (including phenoxy) is 1. The van der Waals surface area contributed by atoms with Crippen molar-refractivity contribution in [3.05, 3.63) is 47.8 Å². The summed E-state index contributed by atoms with van der Waals surface area (Å²) in [7, 11) is 1.56. The number of methoxy groups -OCH3 is 1. The summed E-state index contributed by atoms with van der Waals surface area (Å²) in [6.45, 7) is 0. The summed E-state index contributed by atoms with van der Waals surface area (Å²) in [5.74, 6) is 3.23. The minimum Gasteiger partial charge on any atom is -0.496 e. The van der Waals surface area contributed by atoms with Gasteiger partial charge >= 0.3 is 0 Å². The van der Waals surface area contributed by atoms with Gasteiger partial charge in [0.1, 0.15) is 17.3 Å². The quantitative estimate of drug-likeness (QED) is 0.561. The van der Waals surface area contributed by atoms with Gasteiger partial charge in [-0.25, -0.2) is 4.39 Å². The second-order valence-electron chi connectivity index (χ2n) is 4.78. The van der Waals surface area contributed by atoms with Gasteiger partial charge in [0.25, 0.3) is 0 Å². The van der Waals surface area contributed by atoms with Gasteiger partial charge in [-0.05, 0) is 41.7 Å². The lowest BCUT2D eigenvalue weighted by Gasteiger charge is -2.11. The van der Waals surface area contributed by atoms with Crippen LogP contribution in [-0.2, 0) is 0 Å². The van der Waals surface area contributed by atoms with Crippen molar-refractivity contribution >= 4 is 29.2 Å². The summed E-state index contributed by atoms with van der Waals surface area (Å²) in [4.78, 5) is 0.